The molecule has 1 aliphatic heterocycles. The molecule has 0 radical (unpaired) electrons. The van der Waals surface area contributed by atoms with Crippen LogP contribution in [0, 0.1) is 6.92 Å². The maximum absolute atomic E-state index is 11.6. The number of hydrogen-bond acceptors (Lipinski definition) is 5. The highest BCUT2D eigenvalue weighted by Crippen LogP contribution is 2.12. The quantitative estimate of drug-likeness (QED) is 0.760. The average Bonchev–Trinajstić information content (AvgIpc) is 2.40. The van der Waals surface area contributed by atoms with Crippen molar-refractivity contribution in [2.45, 2.75) is 6.92 Å². The smallest absolute Gasteiger partial charge is 0.248 e. The number of carbonyl (C=O) groups excluding carboxylic acids is 1. The molecule has 1 aromatic rings. The van der Waals surface area contributed by atoms with Crippen LogP contribution in [-0.2, 0) is 9.53 Å². The second-order valence-electron chi connectivity index (χ2n) is 4.33. The Morgan fingerprint density at radius 1 is 1.28 bits per heavy atom. The van der Waals surface area contributed by atoms with Crippen molar-refractivity contribution in [2.75, 3.05) is 44.8 Å². The van der Waals surface area contributed by atoms with Gasteiger partial charge in [0, 0.05) is 33.3 Å². The van der Waals surface area contributed by atoms with E-state index in [-0.39, 0.29) is 12.5 Å². The van der Waals surface area contributed by atoms with E-state index in [1.807, 2.05) is 24.0 Å². The lowest BCUT2D eigenvalue weighted by molar-refractivity contribution is -0.135. The Hall–Kier alpha value is -1.69. The van der Waals surface area contributed by atoms with Crippen molar-refractivity contribution >= 4 is 11.7 Å². The second-order valence-corrected chi connectivity index (χ2v) is 4.33. The van der Waals surface area contributed by atoms with E-state index >= 15 is 0 Å². The normalized spacial score (nSPS) is 15.9. The summed E-state index contributed by atoms with van der Waals surface area (Å²) in [5.74, 6) is 0.923. The van der Waals surface area contributed by atoms with Crippen molar-refractivity contribution in [3.63, 3.8) is 0 Å². The summed E-state index contributed by atoms with van der Waals surface area (Å²) in [5.41, 5.74) is 0.910. The van der Waals surface area contributed by atoms with Gasteiger partial charge in [0.05, 0.1) is 5.69 Å². The lowest BCUT2D eigenvalue weighted by Gasteiger charge is -2.35. The van der Waals surface area contributed by atoms with Crippen molar-refractivity contribution < 1.29 is 9.53 Å². The first kappa shape index (κ1) is 12.8. The Morgan fingerprint density at radius 3 is 2.56 bits per heavy atom. The fraction of sp³-hybridized carbons (Fsp3) is 0.583. The molecule has 0 bridgehead atoms. The lowest BCUT2D eigenvalue weighted by atomic mass is 10.3. The van der Waals surface area contributed by atoms with Gasteiger partial charge in [-0.05, 0) is 19.1 Å². The van der Waals surface area contributed by atoms with Crippen molar-refractivity contribution in [3.8, 4) is 0 Å². The van der Waals surface area contributed by atoms with E-state index in [4.69, 9.17) is 4.74 Å². The number of aryl methyl sites for hydroxylation is 1. The molecule has 0 saturated carbocycles. The molecule has 0 unspecified atom stereocenters. The molecule has 6 heteroatoms. The van der Waals surface area contributed by atoms with Crippen molar-refractivity contribution in [3.05, 3.63) is 17.8 Å². The van der Waals surface area contributed by atoms with Gasteiger partial charge in [-0.2, -0.15) is 5.10 Å². The Kier molecular flexibility index (Phi) is 4.09. The van der Waals surface area contributed by atoms with Crippen LogP contribution in [-0.4, -0.2) is 60.9 Å². The third-order valence-corrected chi connectivity index (χ3v) is 3.01. The van der Waals surface area contributed by atoms with E-state index in [0.717, 1.165) is 24.6 Å². The Morgan fingerprint density at radius 2 is 2.00 bits per heavy atom. The molecule has 98 valence electrons. The summed E-state index contributed by atoms with van der Waals surface area (Å²) in [4.78, 5) is 15.6. The first-order chi connectivity index (χ1) is 8.70. The molecule has 0 N–H and O–H groups in total. The van der Waals surface area contributed by atoms with Crippen LogP contribution < -0.4 is 4.90 Å². The molecule has 0 aromatic carbocycles. The zero-order valence-electron chi connectivity index (χ0n) is 10.8. The predicted molar refractivity (Wildman–Crippen MR) is 67.4 cm³/mol. The van der Waals surface area contributed by atoms with Gasteiger partial charge in [-0.3, -0.25) is 4.79 Å². The minimum atomic E-state index is 0.0483. The van der Waals surface area contributed by atoms with Crippen LogP contribution in [0.3, 0.4) is 0 Å². The van der Waals surface area contributed by atoms with Gasteiger partial charge >= 0.3 is 0 Å². The molecular formula is C12H18N4O2. The summed E-state index contributed by atoms with van der Waals surface area (Å²) in [6.45, 7) is 5.05. The number of piperazine rings is 1. The van der Waals surface area contributed by atoms with Gasteiger partial charge < -0.3 is 14.5 Å². The average molecular weight is 250 g/mol. The summed E-state index contributed by atoms with van der Waals surface area (Å²) in [7, 11) is 1.54. The number of aromatic nitrogens is 2. The second kappa shape index (κ2) is 5.77. The number of anilines is 1. The first-order valence-electron chi connectivity index (χ1n) is 6.02. The van der Waals surface area contributed by atoms with Crippen LogP contribution in [0.5, 0.6) is 0 Å². The highest BCUT2D eigenvalue weighted by atomic mass is 16.5. The zero-order valence-corrected chi connectivity index (χ0v) is 10.8. The fourth-order valence-corrected chi connectivity index (χ4v) is 1.96. The predicted octanol–water partition coefficient (Wildman–Crippen LogP) is 0.0800. The first-order valence-corrected chi connectivity index (χ1v) is 6.02. The molecule has 0 spiro atoms. The number of carbonyl (C=O) groups is 1. The van der Waals surface area contributed by atoms with Crippen LogP contribution in [0.2, 0.25) is 0 Å². The molecule has 1 aromatic heterocycles. The largest absolute Gasteiger partial charge is 0.375 e. The highest BCUT2D eigenvalue weighted by molar-refractivity contribution is 5.77. The number of nitrogens with zero attached hydrogens (tertiary/aromatic N) is 4. The van der Waals surface area contributed by atoms with Crippen LogP contribution in [0.25, 0.3) is 0 Å². The van der Waals surface area contributed by atoms with Crippen molar-refractivity contribution in [2.24, 2.45) is 0 Å². The van der Waals surface area contributed by atoms with Gasteiger partial charge in [0.1, 0.15) is 6.61 Å². The highest BCUT2D eigenvalue weighted by Gasteiger charge is 2.21. The standard InChI is InChI=1S/C12H18N4O2/c1-10-3-4-11(14-13-10)15-5-7-16(8-6-15)12(17)9-18-2/h3-4H,5-9H2,1-2H3. The molecule has 2 rings (SSSR count). The van der Waals surface area contributed by atoms with E-state index < -0.39 is 0 Å². The minimum absolute atomic E-state index is 0.0483. The van der Waals surface area contributed by atoms with Crippen LogP contribution in [0.15, 0.2) is 12.1 Å². The van der Waals surface area contributed by atoms with E-state index in [9.17, 15) is 4.79 Å². The van der Waals surface area contributed by atoms with E-state index in [1.54, 1.807) is 0 Å². The zero-order chi connectivity index (χ0) is 13.0. The SMILES string of the molecule is COCC(=O)N1CCN(c2ccc(C)nn2)CC1. The molecule has 0 aliphatic carbocycles. The summed E-state index contributed by atoms with van der Waals surface area (Å²) >= 11 is 0. The number of rotatable bonds is 3. The number of ether oxygens (including phenoxy) is 1. The summed E-state index contributed by atoms with van der Waals surface area (Å²) in [6.07, 6.45) is 0. The summed E-state index contributed by atoms with van der Waals surface area (Å²) in [6, 6.07) is 3.92. The molecule has 6 nitrogen and oxygen atoms in total. The molecule has 18 heavy (non-hydrogen) atoms. The van der Waals surface area contributed by atoms with Gasteiger partial charge in [0.2, 0.25) is 5.91 Å². The van der Waals surface area contributed by atoms with Crippen molar-refractivity contribution in [1.82, 2.24) is 15.1 Å². The molecule has 1 fully saturated rings. The fourth-order valence-electron chi connectivity index (χ4n) is 1.96. The van der Waals surface area contributed by atoms with E-state index in [1.165, 1.54) is 7.11 Å². The van der Waals surface area contributed by atoms with Gasteiger partial charge in [0.15, 0.2) is 5.82 Å². The maximum Gasteiger partial charge on any atom is 0.248 e. The summed E-state index contributed by atoms with van der Waals surface area (Å²) < 4.78 is 4.85. The third kappa shape index (κ3) is 2.95. The number of methoxy groups -OCH3 is 1. The Bertz CT molecular complexity index is 399. The van der Waals surface area contributed by atoms with Gasteiger partial charge in [-0.15, -0.1) is 5.10 Å². The maximum atomic E-state index is 11.6. The monoisotopic (exact) mass is 250 g/mol. The van der Waals surface area contributed by atoms with Crippen LogP contribution >= 0.6 is 0 Å². The molecule has 1 saturated heterocycles. The minimum Gasteiger partial charge on any atom is -0.375 e. The molecule has 0 atom stereocenters. The van der Waals surface area contributed by atoms with E-state index in [0.29, 0.717) is 13.1 Å². The molecular weight excluding hydrogens is 232 g/mol. The van der Waals surface area contributed by atoms with E-state index in [2.05, 4.69) is 15.1 Å². The van der Waals surface area contributed by atoms with Crippen LogP contribution in [0.1, 0.15) is 5.69 Å². The van der Waals surface area contributed by atoms with Crippen LogP contribution in [0.4, 0.5) is 5.82 Å². The topological polar surface area (TPSA) is 58.6 Å². The Labute approximate surface area is 107 Å². The lowest BCUT2D eigenvalue weighted by Crippen LogP contribution is -2.50. The number of hydrogen-bond donors (Lipinski definition) is 0. The van der Waals surface area contributed by atoms with Gasteiger partial charge in [-0.25, -0.2) is 0 Å². The van der Waals surface area contributed by atoms with Crippen molar-refractivity contribution in [1.29, 1.82) is 0 Å². The number of amides is 1. The molecule has 2 heterocycles. The molecule has 1 amide bonds. The van der Waals surface area contributed by atoms with Gasteiger partial charge in [0.25, 0.3) is 0 Å². The third-order valence-electron chi connectivity index (χ3n) is 3.01. The Balaban J connectivity index is 1.90. The summed E-state index contributed by atoms with van der Waals surface area (Å²) in [5, 5.41) is 8.20. The van der Waals surface area contributed by atoms with Gasteiger partial charge in [-0.1, -0.05) is 0 Å². The molecule has 1 aliphatic rings.